The monoisotopic (exact) mass is 479 g/mol. The van der Waals surface area contributed by atoms with Crippen molar-refractivity contribution in [1.29, 1.82) is 0 Å². The first-order chi connectivity index (χ1) is 15.4. The van der Waals surface area contributed by atoms with Gasteiger partial charge in [-0.15, -0.1) is 0 Å². The van der Waals surface area contributed by atoms with Crippen molar-refractivity contribution in [1.82, 2.24) is 14.2 Å². The number of sulfonamides is 1. The number of hydrogen-bond donors (Lipinski definition) is 0. The van der Waals surface area contributed by atoms with E-state index in [-0.39, 0.29) is 34.1 Å². The molecule has 2 aromatic rings. The molecule has 2 aliphatic rings. The van der Waals surface area contributed by atoms with Gasteiger partial charge in [0.25, 0.3) is 10.0 Å². The van der Waals surface area contributed by atoms with Gasteiger partial charge in [-0.3, -0.25) is 4.79 Å². The van der Waals surface area contributed by atoms with Crippen LogP contribution in [-0.4, -0.2) is 81.0 Å². The van der Waals surface area contributed by atoms with Gasteiger partial charge in [-0.1, -0.05) is 41.7 Å². The Kier molecular flexibility index (Phi) is 6.89. The molecule has 2 aliphatic heterocycles. The Balaban J connectivity index is 1.62. The van der Waals surface area contributed by atoms with E-state index < -0.39 is 21.9 Å². The molecule has 0 spiro atoms. The number of morpholine rings is 1. The maximum Gasteiger partial charge on any atom is 0.349 e. The highest BCUT2D eigenvalue weighted by molar-refractivity contribution is 7.91. The quantitative estimate of drug-likeness (QED) is 0.600. The van der Waals surface area contributed by atoms with Gasteiger partial charge in [-0.25, -0.2) is 18.2 Å². The number of hydrogen-bond acceptors (Lipinski definition) is 8. The normalized spacial score (nSPS) is 22.5. The summed E-state index contributed by atoms with van der Waals surface area (Å²) < 4.78 is 38.0. The van der Waals surface area contributed by atoms with Crippen LogP contribution in [0.25, 0.3) is 0 Å². The second-order valence-corrected chi connectivity index (χ2v) is 10.9. The van der Waals surface area contributed by atoms with Crippen molar-refractivity contribution in [2.45, 2.75) is 16.7 Å². The fraction of sp³-hybridized carbons (Fsp3) is 0.476. The number of carbonyl (C=O) groups is 2. The summed E-state index contributed by atoms with van der Waals surface area (Å²) in [7, 11) is -2.75. The molecule has 32 heavy (non-hydrogen) atoms. The van der Waals surface area contributed by atoms with E-state index in [0.717, 1.165) is 16.9 Å². The minimum Gasteiger partial charge on any atom is -0.465 e. The number of nitrogens with zero attached hydrogens (tertiary/aromatic N) is 3. The summed E-state index contributed by atoms with van der Waals surface area (Å²) in [6.45, 7) is 2.30. The number of esters is 1. The topological polar surface area (TPSA) is 106 Å². The predicted octanol–water partition coefficient (Wildman–Crippen LogP) is 1.58. The molecule has 172 valence electrons. The third-order valence-corrected chi connectivity index (χ3v) is 8.97. The lowest BCUT2D eigenvalue weighted by Crippen LogP contribution is -2.51. The van der Waals surface area contributed by atoms with Gasteiger partial charge in [0.1, 0.15) is 4.88 Å². The van der Waals surface area contributed by atoms with Crippen molar-refractivity contribution in [3.05, 3.63) is 47.0 Å². The van der Waals surface area contributed by atoms with Crippen LogP contribution in [-0.2, 0) is 24.3 Å². The Morgan fingerprint density at radius 1 is 1.16 bits per heavy atom. The van der Waals surface area contributed by atoms with E-state index >= 15 is 0 Å². The average molecular weight is 480 g/mol. The Labute approximate surface area is 191 Å². The fourth-order valence-corrected chi connectivity index (χ4v) is 6.86. The van der Waals surface area contributed by atoms with Crippen molar-refractivity contribution in [2.75, 3.05) is 46.5 Å². The Morgan fingerprint density at radius 2 is 1.88 bits per heavy atom. The maximum absolute atomic E-state index is 13.4. The van der Waals surface area contributed by atoms with Gasteiger partial charge in [0, 0.05) is 26.2 Å². The molecule has 4 rings (SSSR count). The second kappa shape index (κ2) is 9.65. The molecule has 1 amide bonds. The van der Waals surface area contributed by atoms with Crippen molar-refractivity contribution in [2.24, 2.45) is 5.92 Å². The van der Waals surface area contributed by atoms with Crippen molar-refractivity contribution in [3.8, 4) is 0 Å². The number of piperidine rings is 1. The summed E-state index contributed by atoms with van der Waals surface area (Å²) in [5, 5.41) is 0. The number of carbonyl (C=O) groups excluding carboxylic acids is 2. The molecule has 0 bridgehead atoms. The van der Waals surface area contributed by atoms with Crippen LogP contribution in [0.5, 0.6) is 0 Å². The van der Waals surface area contributed by atoms with Crippen molar-refractivity contribution < 1.29 is 27.5 Å². The zero-order valence-corrected chi connectivity index (χ0v) is 19.3. The van der Waals surface area contributed by atoms with E-state index in [1.165, 1.54) is 17.6 Å². The number of ether oxygens (including phenoxy) is 2. The van der Waals surface area contributed by atoms with E-state index in [9.17, 15) is 18.0 Å². The van der Waals surface area contributed by atoms with Gasteiger partial charge < -0.3 is 14.4 Å². The lowest BCUT2D eigenvalue weighted by atomic mass is 9.85. The van der Waals surface area contributed by atoms with E-state index in [4.69, 9.17) is 4.74 Å². The molecule has 1 aromatic heterocycles. The third-order valence-electron chi connectivity index (χ3n) is 5.79. The molecule has 2 atom stereocenters. The summed E-state index contributed by atoms with van der Waals surface area (Å²) in [5.74, 6) is -1.29. The number of methoxy groups -OCH3 is 1. The highest BCUT2D eigenvalue weighted by atomic mass is 32.2. The molecule has 1 aromatic carbocycles. The number of aromatic nitrogens is 1. The fourth-order valence-electron chi connectivity index (χ4n) is 4.13. The number of amides is 1. The van der Waals surface area contributed by atoms with Gasteiger partial charge in [-0.05, 0) is 17.9 Å². The molecule has 0 radical (unpaired) electrons. The van der Waals surface area contributed by atoms with Crippen LogP contribution in [0.2, 0.25) is 0 Å². The van der Waals surface area contributed by atoms with Gasteiger partial charge in [0.2, 0.25) is 10.2 Å². The lowest BCUT2D eigenvalue weighted by molar-refractivity contribution is -0.141. The number of rotatable bonds is 5. The molecule has 2 unspecified atom stereocenters. The average Bonchev–Trinajstić information content (AvgIpc) is 3.35. The summed E-state index contributed by atoms with van der Waals surface area (Å²) in [5.41, 5.74) is 0.988. The zero-order chi connectivity index (χ0) is 22.7. The summed E-state index contributed by atoms with van der Waals surface area (Å²) in [6, 6.07) is 9.63. The number of thiazole rings is 1. The van der Waals surface area contributed by atoms with Crippen LogP contribution < -0.4 is 0 Å². The minimum absolute atomic E-state index is 0.0523. The van der Waals surface area contributed by atoms with E-state index in [0.29, 0.717) is 32.7 Å². The largest absolute Gasteiger partial charge is 0.465 e. The van der Waals surface area contributed by atoms with Crippen LogP contribution in [0.1, 0.15) is 27.6 Å². The van der Waals surface area contributed by atoms with Gasteiger partial charge in [0.05, 0.1) is 32.4 Å². The van der Waals surface area contributed by atoms with Crippen LogP contribution in [0.15, 0.2) is 40.9 Å². The first kappa shape index (κ1) is 22.8. The van der Waals surface area contributed by atoms with Gasteiger partial charge in [0.15, 0.2) is 0 Å². The molecule has 9 nitrogen and oxygen atoms in total. The molecule has 3 heterocycles. The van der Waals surface area contributed by atoms with Gasteiger partial charge >= 0.3 is 5.97 Å². The van der Waals surface area contributed by atoms with E-state index in [2.05, 4.69) is 9.72 Å². The molecule has 0 saturated carbocycles. The third kappa shape index (κ3) is 4.70. The van der Waals surface area contributed by atoms with Gasteiger partial charge in [-0.2, -0.15) is 4.31 Å². The standard InChI is InChI=1S/C21H25N3O6S2/c1-29-20(26)18-12-22-21(31-18)32(27,28)24-13-16(15-5-3-2-4-6-15)11-17(14-24)19(25)23-7-9-30-10-8-23/h2-6,12,16-17H,7-11,13-14H2,1H3. The molecule has 0 aliphatic carbocycles. The van der Waals surface area contributed by atoms with Crippen LogP contribution in [0.4, 0.5) is 0 Å². The second-order valence-electron chi connectivity index (χ2n) is 7.78. The van der Waals surface area contributed by atoms with Crippen LogP contribution in [0.3, 0.4) is 0 Å². The Hall–Kier alpha value is -2.34. The molecule has 2 saturated heterocycles. The SMILES string of the molecule is COC(=O)c1cnc(S(=O)(=O)N2CC(C(=O)N3CCOCC3)CC(c3ccccc3)C2)s1. The predicted molar refractivity (Wildman–Crippen MR) is 117 cm³/mol. The molecular weight excluding hydrogens is 454 g/mol. The summed E-state index contributed by atoms with van der Waals surface area (Å²) in [6.07, 6.45) is 1.77. The first-order valence-electron chi connectivity index (χ1n) is 10.4. The lowest BCUT2D eigenvalue weighted by Gasteiger charge is -2.39. The summed E-state index contributed by atoms with van der Waals surface area (Å²) in [4.78, 5) is 30.8. The first-order valence-corrected chi connectivity index (χ1v) is 12.6. The van der Waals surface area contributed by atoms with Crippen molar-refractivity contribution in [3.63, 3.8) is 0 Å². The highest BCUT2D eigenvalue weighted by Gasteiger charge is 2.41. The Morgan fingerprint density at radius 3 is 2.56 bits per heavy atom. The molecule has 2 fully saturated rings. The zero-order valence-electron chi connectivity index (χ0n) is 17.7. The molecule has 0 N–H and O–H groups in total. The molecular formula is C21H25N3O6S2. The van der Waals surface area contributed by atoms with Crippen molar-refractivity contribution >= 4 is 33.2 Å². The van der Waals surface area contributed by atoms with E-state index in [1.54, 1.807) is 4.90 Å². The highest BCUT2D eigenvalue weighted by Crippen LogP contribution is 2.35. The van der Waals surface area contributed by atoms with E-state index in [1.807, 2.05) is 30.3 Å². The van der Waals surface area contributed by atoms with Crippen LogP contribution in [0, 0.1) is 5.92 Å². The van der Waals surface area contributed by atoms with Crippen LogP contribution >= 0.6 is 11.3 Å². The smallest absolute Gasteiger partial charge is 0.349 e. The minimum atomic E-state index is -3.98. The Bertz CT molecular complexity index is 1070. The maximum atomic E-state index is 13.4. The summed E-state index contributed by atoms with van der Waals surface area (Å²) >= 11 is 0.774. The number of benzene rings is 1. The molecule has 11 heteroatoms.